The Morgan fingerprint density at radius 2 is 2.00 bits per heavy atom. The van der Waals surface area contributed by atoms with Gasteiger partial charge in [0, 0.05) is 4.47 Å². The van der Waals surface area contributed by atoms with Crippen LogP contribution in [-0.4, -0.2) is 5.11 Å². The molecule has 0 aliphatic heterocycles. The normalized spacial score (nSPS) is 21.4. The van der Waals surface area contributed by atoms with Gasteiger partial charge in [-0.25, -0.2) is 4.39 Å². The molecule has 98 valence electrons. The van der Waals surface area contributed by atoms with E-state index in [1.807, 2.05) is 18.2 Å². The van der Waals surface area contributed by atoms with Gasteiger partial charge in [-0.3, -0.25) is 0 Å². The van der Waals surface area contributed by atoms with Crippen molar-refractivity contribution >= 4 is 15.9 Å². The van der Waals surface area contributed by atoms with Crippen molar-refractivity contribution in [1.29, 1.82) is 0 Å². The third kappa shape index (κ3) is 2.45. The van der Waals surface area contributed by atoms with Gasteiger partial charge >= 0.3 is 0 Å². The molecule has 0 spiro atoms. The van der Waals surface area contributed by atoms with Gasteiger partial charge in [0.15, 0.2) is 0 Å². The minimum Gasteiger partial charge on any atom is -0.388 e. The molecular weight excluding hydrogens is 307 g/mol. The van der Waals surface area contributed by atoms with Crippen LogP contribution in [-0.2, 0) is 12.8 Å². The highest BCUT2D eigenvalue weighted by atomic mass is 79.9. The van der Waals surface area contributed by atoms with Crippen molar-refractivity contribution in [2.24, 2.45) is 5.92 Å². The van der Waals surface area contributed by atoms with Gasteiger partial charge in [0.2, 0.25) is 0 Å². The first-order chi connectivity index (χ1) is 9.15. The number of rotatable bonds is 2. The second-order valence-electron chi connectivity index (χ2n) is 5.05. The van der Waals surface area contributed by atoms with Gasteiger partial charge in [0.1, 0.15) is 5.82 Å². The van der Waals surface area contributed by atoms with E-state index in [1.54, 1.807) is 6.07 Å². The molecule has 0 amide bonds. The summed E-state index contributed by atoms with van der Waals surface area (Å²) in [6.45, 7) is 0. The maximum absolute atomic E-state index is 13.1. The van der Waals surface area contributed by atoms with E-state index in [9.17, 15) is 9.50 Å². The Bertz CT molecular complexity index is 611. The van der Waals surface area contributed by atoms with E-state index < -0.39 is 6.10 Å². The molecule has 1 aliphatic rings. The molecule has 0 saturated heterocycles. The third-order valence-corrected chi connectivity index (χ3v) is 4.54. The van der Waals surface area contributed by atoms with Crippen LogP contribution >= 0.6 is 15.9 Å². The zero-order chi connectivity index (χ0) is 13.4. The fourth-order valence-electron chi connectivity index (χ4n) is 2.81. The number of aliphatic hydroxyl groups is 1. The molecule has 1 aliphatic carbocycles. The average Bonchev–Trinajstić information content (AvgIpc) is 2.70. The summed E-state index contributed by atoms with van der Waals surface area (Å²) in [5.74, 6) is -0.0787. The largest absolute Gasteiger partial charge is 0.388 e. The number of aliphatic hydroxyl groups excluding tert-OH is 1. The van der Waals surface area contributed by atoms with E-state index in [1.165, 1.54) is 17.7 Å². The highest BCUT2D eigenvalue weighted by molar-refractivity contribution is 9.10. The zero-order valence-electron chi connectivity index (χ0n) is 10.3. The summed E-state index contributed by atoms with van der Waals surface area (Å²) in [4.78, 5) is 0. The van der Waals surface area contributed by atoms with Gasteiger partial charge in [-0.1, -0.05) is 46.3 Å². The quantitative estimate of drug-likeness (QED) is 0.885. The van der Waals surface area contributed by atoms with Gasteiger partial charge in [0.25, 0.3) is 0 Å². The first-order valence-electron chi connectivity index (χ1n) is 6.35. The molecule has 2 unspecified atom stereocenters. The molecule has 1 N–H and O–H groups in total. The summed E-state index contributed by atoms with van der Waals surface area (Å²) < 4.78 is 13.8. The van der Waals surface area contributed by atoms with Crippen molar-refractivity contribution in [3.63, 3.8) is 0 Å². The topological polar surface area (TPSA) is 20.2 Å². The lowest BCUT2D eigenvalue weighted by molar-refractivity contribution is 0.123. The molecule has 0 bridgehead atoms. The van der Waals surface area contributed by atoms with Gasteiger partial charge in [-0.15, -0.1) is 0 Å². The Balaban J connectivity index is 1.83. The van der Waals surface area contributed by atoms with Crippen molar-refractivity contribution in [3.05, 3.63) is 69.4 Å². The van der Waals surface area contributed by atoms with Gasteiger partial charge in [0.05, 0.1) is 6.10 Å². The SMILES string of the molecule is OC1c2ccccc2CC1Cc1ccc(F)cc1Br. The first kappa shape index (κ1) is 12.8. The molecule has 0 heterocycles. The Kier molecular flexibility index (Phi) is 3.42. The molecule has 3 rings (SSSR count). The van der Waals surface area contributed by atoms with Crippen molar-refractivity contribution < 1.29 is 9.50 Å². The van der Waals surface area contributed by atoms with E-state index >= 15 is 0 Å². The number of hydrogen-bond acceptors (Lipinski definition) is 1. The summed E-state index contributed by atoms with van der Waals surface area (Å²) in [7, 11) is 0. The smallest absolute Gasteiger partial charge is 0.124 e. The van der Waals surface area contributed by atoms with E-state index in [-0.39, 0.29) is 11.7 Å². The van der Waals surface area contributed by atoms with Gasteiger partial charge < -0.3 is 5.11 Å². The Labute approximate surface area is 120 Å². The molecule has 3 heteroatoms. The summed E-state index contributed by atoms with van der Waals surface area (Å²) in [5.41, 5.74) is 3.29. The Hall–Kier alpha value is -1.19. The Morgan fingerprint density at radius 1 is 1.21 bits per heavy atom. The van der Waals surface area contributed by atoms with Crippen molar-refractivity contribution in [2.45, 2.75) is 18.9 Å². The molecular formula is C16H14BrFO. The van der Waals surface area contributed by atoms with Crippen LogP contribution in [0.3, 0.4) is 0 Å². The minimum absolute atomic E-state index is 0.166. The second kappa shape index (κ2) is 5.06. The number of benzene rings is 2. The van der Waals surface area contributed by atoms with Crippen LogP contribution in [0.2, 0.25) is 0 Å². The number of halogens is 2. The van der Waals surface area contributed by atoms with Crippen LogP contribution in [0.4, 0.5) is 4.39 Å². The van der Waals surface area contributed by atoms with Gasteiger partial charge in [-0.2, -0.15) is 0 Å². The predicted molar refractivity (Wildman–Crippen MR) is 76.4 cm³/mol. The summed E-state index contributed by atoms with van der Waals surface area (Å²) >= 11 is 3.39. The molecule has 0 fully saturated rings. The Morgan fingerprint density at radius 3 is 2.74 bits per heavy atom. The highest BCUT2D eigenvalue weighted by Crippen LogP contribution is 2.38. The highest BCUT2D eigenvalue weighted by Gasteiger charge is 2.30. The monoisotopic (exact) mass is 320 g/mol. The lowest BCUT2D eigenvalue weighted by Gasteiger charge is -2.16. The second-order valence-corrected chi connectivity index (χ2v) is 5.90. The van der Waals surface area contributed by atoms with Crippen molar-refractivity contribution in [3.8, 4) is 0 Å². The predicted octanol–water partition coefficient (Wildman–Crippen LogP) is 4.04. The summed E-state index contributed by atoms with van der Waals surface area (Å²) in [6.07, 6.45) is 1.20. The molecule has 2 aromatic rings. The van der Waals surface area contributed by atoms with Crippen LogP contribution < -0.4 is 0 Å². The molecule has 19 heavy (non-hydrogen) atoms. The minimum atomic E-state index is -0.423. The molecule has 0 radical (unpaired) electrons. The van der Waals surface area contributed by atoms with Crippen LogP contribution in [0.5, 0.6) is 0 Å². The van der Waals surface area contributed by atoms with E-state index in [2.05, 4.69) is 22.0 Å². The summed E-state index contributed by atoms with van der Waals surface area (Å²) in [5, 5.41) is 10.4. The lowest BCUT2D eigenvalue weighted by Crippen LogP contribution is -2.11. The van der Waals surface area contributed by atoms with E-state index in [4.69, 9.17) is 0 Å². The third-order valence-electron chi connectivity index (χ3n) is 3.80. The molecule has 2 atom stereocenters. The summed E-state index contributed by atoms with van der Waals surface area (Å²) in [6, 6.07) is 12.7. The van der Waals surface area contributed by atoms with Crippen LogP contribution in [0.1, 0.15) is 22.8 Å². The van der Waals surface area contributed by atoms with Crippen LogP contribution in [0.15, 0.2) is 46.9 Å². The van der Waals surface area contributed by atoms with Gasteiger partial charge in [-0.05, 0) is 47.6 Å². The fourth-order valence-corrected chi connectivity index (χ4v) is 3.32. The number of fused-ring (bicyclic) bond motifs is 1. The lowest BCUT2D eigenvalue weighted by atomic mass is 9.95. The molecule has 0 saturated carbocycles. The maximum Gasteiger partial charge on any atom is 0.124 e. The van der Waals surface area contributed by atoms with Crippen molar-refractivity contribution in [1.82, 2.24) is 0 Å². The molecule has 1 nitrogen and oxygen atoms in total. The fraction of sp³-hybridized carbons (Fsp3) is 0.250. The molecule has 2 aromatic carbocycles. The van der Waals surface area contributed by atoms with Crippen LogP contribution in [0.25, 0.3) is 0 Å². The average molecular weight is 321 g/mol. The maximum atomic E-state index is 13.1. The van der Waals surface area contributed by atoms with E-state index in [0.717, 1.165) is 28.4 Å². The van der Waals surface area contributed by atoms with Crippen molar-refractivity contribution in [2.75, 3.05) is 0 Å². The first-order valence-corrected chi connectivity index (χ1v) is 7.14. The van der Waals surface area contributed by atoms with E-state index in [0.29, 0.717) is 0 Å². The molecule has 0 aromatic heterocycles. The number of hydrogen-bond donors (Lipinski definition) is 1. The zero-order valence-corrected chi connectivity index (χ0v) is 11.9. The van der Waals surface area contributed by atoms with Crippen LogP contribution in [0, 0.1) is 11.7 Å². The standard InChI is InChI=1S/C16H14BrFO/c17-15-9-13(18)6-5-11(15)8-12-7-10-3-1-2-4-14(10)16(12)19/h1-6,9,12,16,19H,7-8H2.